The molecule has 0 saturated heterocycles. The summed E-state index contributed by atoms with van der Waals surface area (Å²) in [5.41, 5.74) is 3.20. The second-order valence-corrected chi connectivity index (χ2v) is 7.71. The lowest BCUT2D eigenvalue weighted by molar-refractivity contribution is 0.0527. The minimum Gasteiger partial charge on any atom is -0.462 e. The zero-order chi connectivity index (χ0) is 20.3. The van der Waals surface area contributed by atoms with E-state index in [2.05, 4.69) is 15.3 Å². The van der Waals surface area contributed by atoms with E-state index in [4.69, 9.17) is 9.88 Å². The summed E-state index contributed by atoms with van der Waals surface area (Å²) < 4.78 is 27.9. The number of hydrogen-bond acceptors (Lipinski definition) is 7. The van der Waals surface area contributed by atoms with E-state index < -0.39 is 16.0 Å². The Balaban J connectivity index is 1.96. The Hall–Kier alpha value is -3.04. The van der Waals surface area contributed by atoms with Crippen molar-refractivity contribution in [3.63, 3.8) is 0 Å². The van der Waals surface area contributed by atoms with Gasteiger partial charge in [0.15, 0.2) is 0 Å². The second kappa shape index (κ2) is 7.91. The third-order valence-electron chi connectivity index (χ3n) is 4.11. The number of rotatable bonds is 6. The third kappa shape index (κ3) is 4.26. The monoisotopic (exact) mass is 400 g/mol. The molecule has 28 heavy (non-hydrogen) atoms. The van der Waals surface area contributed by atoms with Crippen molar-refractivity contribution in [2.45, 2.75) is 25.3 Å². The predicted molar refractivity (Wildman–Crippen MR) is 105 cm³/mol. The van der Waals surface area contributed by atoms with Crippen LogP contribution in [0.2, 0.25) is 0 Å². The highest BCUT2D eigenvalue weighted by molar-refractivity contribution is 7.89. The minimum absolute atomic E-state index is 0.0394. The quantitative estimate of drug-likeness (QED) is 0.609. The van der Waals surface area contributed by atoms with E-state index >= 15 is 0 Å². The fourth-order valence-electron chi connectivity index (χ4n) is 2.73. The number of primary sulfonamides is 1. The van der Waals surface area contributed by atoms with Crippen LogP contribution in [0.1, 0.15) is 28.5 Å². The van der Waals surface area contributed by atoms with Crippen LogP contribution in [-0.2, 0) is 21.3 Å². The van der Waals surface area contributed by atoms with Crippen molar-refractivity contribution < 1.29 is 17.9 Å². The second-order valence-electron chi connectivity index (χ2n) is 6.15. The van der Waals surface area contributed by atoms with Gasteiger partial charge in [0.2, 0.25) is 10.0 Å². The number of aromatic nitrogens is 2. The van der Waals surface area contributed by atoms with E-state index in [1.807, 2.05) is 13.0 Å². The number of hydrogen-bond donors (Lipinski definition) is 2. The van der Waals surface area contributed by atoms with Gasteiger partial charge < -0.3 is 10.1 Å². The minimum atomic E-state index is -3.74. The number of nitrogens with zero attached hydrogens (tertiary/aromatic N) is 2. The Kier molecular flexibility index (Phi) is 5.57. The molecule has 146 valence electrons. The van der Waals surface area contributed by atoms with Crippen LogP contribution in [0.25, 0.3) is 10.9 Å². The van der Waals surface area contributed by atoms with Crippen molar-refractivity contribution in [2.75, 3.05) is 11.9 Å². The maximum absolute atomic E-state index is 12.3. The summed E-state index contributed by atoms with van der Waals surface area (Å²) in [4.78, 5) is 21.0. The summed E-state index contributed by atoms with van der Waals surface area (Å²) in [5.74, 6) is -0.482. The molecule has 8 nitrogen and oxygen atoms in total. The zero-order valence-electron chi connectivity index (χ0n) is 15.5. The smallest absolute Gasteiger partial charge is 0.341 e. The summed E-state index contributed by atoms with van der Waals surface area (Å²) in [6.45, 7) is 4.19. The molecule has 0 fully saturated rings. The van der Waals surface area contributed by atoms with Crippen LogP contribution in [0.5, 0.6) is 0 Å². The molecule has 0 bridgehead atoms. The van der Waals surface area contributed by atoms with Crippen LogP contribution < -0.4 is 10.5 Å². The number of esters is 1. The molecule has 2 heterocycles. The number of benzene rings is 1. The summed E-state index contributed by atoms with van der Waals surface area (Å²) in [5, 5.41) is 9.04. The van der Waals surface area contributed by atoms with Crippen molar-refractivity contribution >= 4 is 32.6 Å². The highest BCUT2D eigenvalue weighted by atomic mass is 32.2. The molecule has 0 aliphatic carbocycles. The summed E-state index contributed by atoms with van der Waals surface area (Å²) >= 11 is 0. The van der Waals surface area contributed by atoms with E-state index in [9.17, 15) is 13.2 Å². The van der Waals surface area contributed by atoms with E-state index in [1.54, 1.807) is 25.3 Å². The lowest BCUT2D eigenvalue weighted by Crippen LogP contribution is -2.13. The van der Waals surface area contributed by atoms with Gasteiger partial charge in [0, 0.05) is 30.0 Å². The molecule has 0 spiro atoms. The molecule has 0 radical (unpaired) electrons. The average Bonchev–Trinajstić information content (AvgIpc) is 2.65. The van der Waals surface area contributed by atoms with Crippen molar-refractivity contribution in [2.24, 2.45) is 5.14 Å². The van der Waals surface area contributed by atoms with Crippen molar-refractivity contribution in [1.82, 2.24) is 9.97 Å². The molecule has 3 rings (SSSR count). The first-order chi connectivity index (χ1) is 13.3. The fraction of sp³-hybridized carbons (Fsp3) is 0.211. The van der Waals surface area contributed by atoms with Gasteiger partial charge in [-0.25, -0.2) is 18.4 Å². The Labute approximate surface area is 162 Å². The van der Waals surface area contributed by atoms with Crippen LogP contribution in [0.4, 0.5) is 5.69 Å². The Morgan fingerprint density at radius 3 is 2.54 bits per heavy atom. The molecule has 0 aliphatic rings. The number of fused-ring (bicyclic) bond motifs is 1. The molecule has 3 N–H and O–H groups in total. The lowest BCUT2D eigenvalue weighted by Gasteiger charge is -2.14. The maximum atomic E-state index is 12.3. The molecule has 0 saturated carbocycles. The van der Waals surface area contributed by atoms with Gasteiger partial charge >= 0.3 is 5.97 Å². The van der Waals surface area contributed by atoms with Crippen LogP contribution in [0.15, 0.2) is 47.6 Å². The average molecular weight is 400 g/mol. The SMILES string of the molecule is CCOC(=O)c1cnc2cc(C)ncc2c1NCc1ccc(S(N)(=O)=O)cc1. The number of ether oxygens (including phenoxy) is 1. The van der Waals surface area contributed by atoms with Crippen LogP contribution in [0.3, 0.4) is 0 Å². The number of nitrogens with one attached hydrogen (secondary N) is 1. The molecule has 2 aromatic heterocycles. The van der Waals surface area contributed by atoms with E-state index in [0.717, 1.165) is 11.3 Å². The van der Waals surface area contributed by atoms with Gasteiger partial charge in [-0.15, -0.1) is 0 Å². The van der Waals surface area contributed by atoms with Gasteiger partial charge in [-0.1, -0.05) is 12.1 Å². The molecular weight excluding hydrogens is 380 g/mol. The van der Waals surface area contributed by atoms with Crippen molar-refractivity contribution in [1.29, 1.82) is 0 Å². The number of aryl methyl sites for hydroxylation is 1. The number of carbonyl (C=O) groups excluding carboxylic acids is 1. The molecule has 0 aliphatic heterocycles. The normalized spacial score (nSPS) is 11.4. The molecule has 0 amide bonds. The van der Waals surface area contributed by atoms with Gasteiger partial charge in [-0.3, -0.25) is 9.97 Å². The number of anilines is 1. The number of sulfonamides is 1. The zero-order valence-corrected chi connectivity index (χ0v) is 16.3. The Morgan fingerprint density at radius 2 is 1.89 bits per heavy atom. The highest BCUT2D eigenvalue weighted by Gasteiger charge is 2.17. The molecule has 0 atom stereocenters. The molecular formula is C19H20N4O4S. The summed E-state index contributed by atoms with van der Waals surface area (Å²) in [6.07, 6.45) is 3.14. The summed E-state index contributed by atoms with van der Waals surface area (Å²) in [6, 6.07) is 8.02. The van der Waals surface area contributed by atoms with Crippen LogP contribution in [-0.4, -0.2) is 31.0 Å². The standard InChI is InChI=1S/C19H20N4O4S/c1-3-27-19(24)16-11-22-17-8-12(2)21-10-15(17)18(16)23-9-13-4-6-14(7-5-13)28(20,25)26/h4-8,10-11H,3,9H2,1-2H3,(H,22,23)(H2,20,25,26). The predicted octanol–water partition coefficient (Wildman–Crippen LogP) is 2.37. The van der Waals surface area contributed by atoms with Gasteiger partial charge in [0.05, 0.1) is 22.7 Å². The van der Waals surface area contributed by atoms with Gasteiger partial charge in [-0.2, -0.15) is 0 Å². The first-order valence-corrected chi connectivity index (χ1v) is 10.1. The summed E-state index contributed by atoms with van der Waals surface area (Å²) in [7, 11) is -3.74. The molecule has 0 unspecified atom stereocenters. The Bertz CT molecular complexity index is 1130. The largest absolute Gasteiger partial charge is 0.462 e. The van der Waals surface area contributed by atoms with E-state index in [1.165, 1.54) is 18.3 Å². The van der Waals surface area contributed by atoms with Crippen molar-refractivity contribution in [3.05, 3.63) is 59.5 Å². The number of nitrogens with two attached hydrogens (primary N) is 1. The van der Waals surface area contributed by atoms with Crippen molar-refractivity contribution in [3.8, 4) is 0 Å². The molecule has 1 aromatic carbocycles. The highest BCUT2D eigenvalue weighted by Crippen LogP contribution is 2.27. The lowest BCUT2D eigenvalue weighted by atomic mass is 10.1. The third-order valence-corrected chi connectivity index (χ3v) is 5.04. The topological polar surface area (TPSA) is 124 Å². The maximum Gasteiger partial charge on any atom is 0.341 e. The van der Waals surface area contributed by atoms with Gasteiger partial charge in [-0.05, 0) is 37.6 Å². The Morgan fingerprint density at radius 1 is 1.18 bits per heavy atom. The van der Waals surface area contributed by atoms with Gasteiger partial charge in [0.25, 0.3) is 0 Å². The molecule has 9 heteroatoms. The number of carbonyl (C=O) groups is 1. The van der Waals surface area contributed by atoms with Crippen LogP contribution in [0, 0.1) is 6.92 Å². The first kappa shape index (κ1) is 19.7. The van der Waals surface area contributed by atoms with Gasteiger partial charge in [0.1, 0.15) is 5.56 Å². The van der Waals surface area contributed by atoms with Crippen LogP contribution >= 0.6 is 0 Å². The van der Waals surface area contributed by atoms with E-state index in [0.29, 0.717) is 28.7 Å². The first-order valence-electron chi connectivity index (χ1n) is 8.57. The van der Waals surface area contributed by atoms with E-state index in [-0.39, 0.29) is 11.5 Å². The molecule has 3 aromatic rings. The number of pyridine rings is 2. The fourth-order valence-corrected chi connectivity index (χ4v) is 3.25.